The maximum Gasteiger partial charge on any atom is 0.228 e. The molecule has 0 aliphatic heterocycles. The maximum absolute atomic E-state index is 6.08. The highest BCUT2D eigenvalue weighted by molar-refractivity contribution is 6.30. The average Bonchev–Trinajstić information content (AvgIpc) is 3.22. The molecule has 0 fully saturated rings. The van der Waals surface area contributed by atoms with Gasteiger partial charge >= 0.3 is 0 Å². The lowest BCUT2D eigenvalue weighted by molar-refractivity contribution is 0.654. The molecule has 5 nitrogen and oxygen atoms in total. The van der Waals surface area contributed by atoms with Gasteiger partial charge in [0.1, 0.15) is 10.7 Å². The van der Waals surface area contributed by atoms with E-state index in [2.05, 4.69) is 4.98 Å². The molecule has 0 bridgehead atoms. The lowest BCUT2D eigenvalue weighted by atomic mass is 10.1. The van der Waals surface area contributed by atoms with Crippen molar-refractivity contribution >= 4 is 33.7 Å². The summed E-state index contributed by atoms with van der Waals surface area (Å²) < 4.78 is 5.96. The molecule has 0 saturated carbocycles. The summed E-state index contributed by atoms with van der Waals surface area (Å²) in [7, 11) is 0. The molecule has 3 aromatic carbocycles. The number of hydrogen-bond acceptors (Lipinski definition) is 5. The molecule has 0 spiro atoms. The van der Waals surface area contributed by atoms with Crippen molar-refractivity contribution in [2.45, 2.75) is 0 Å². The van der Waals surface area contributed by atoms with Crippen LogP contribution in [-0.4, -0.2) is 19.9 Å². The van der Waals surface area contributed by atoms with Gasteiger partial charge in [-0.1, -0.05) is 84.4 Å². The van der Waals surface area contributed by atoms with Gasteiger partial charge < -0.3 is 4.42 Å². The van der Waals surface area contributed by atoms with E-state index < -0.39 is 0 Å². The third kappa shape index (κ3) is 3.20. The first-order valence-electron chi connectivity index (χ1n) is 10.1. The van der Waals surface area contributed by atoms with Crippen molar-refractivity contribution in [3.8, 4) is 34.2 Å². The zero-order chi connectivity index (χ0) is 21.5. The van der Waals surface area contributed by atoms with Crippen molar-refractivity contribution in [1.29, 1.82) is 0 Å². The number of rotatable bonds is 3. The number of fused-ring (bicyclic) bond motifs is 3. The molecule has 0 saturated heterocycles. The van der Waals surface area contributed by atoms with Gasteiger partial charge in [0, 0.05) is 27.5 Å². The first kappa shape index (κ1) is 18.7. The summed E-state index contributed by atoms with van der Waals surface area (Å²) >= 11 is 6.08. The molecule has 3 aromatic heterocycles. The second kappa shape index (κ2) is 7.55. The van der Waals surface area contributed by atoms with Crippen LogP contribution in [0.5, 0.6) is 0 Å². The first-order valence-corrected chi connectivity index (χ1v) is 10.5. The summed E-state index contributed by atoms with van der Waals surface area (Å²) in [5, 5.41) is 2.15. The molecular formula is C26H15ClN4O. The third-order valence-corrected chi connectivity index (χ3v) is 5.48. The Morgan fingerprint density at radius 3 is 1.84 bits per heavy atom. The van der Waals surface area contributed by atoms with E-state index in [1.165, 1.54) is 0 Å². The molecular weight excluding hydrogens is 420 g/mol. The van der Waals surface area contributed by atoms with Crippen LogP contribution in [0.15, 0.2) is 95.4 Å². The highest BCUT2D eigenvalue weighted by Gasteiger charge is 2.18. The van der Waals surface area contributed by atoms with Gasteiger partial charge in [-0.05, 0) is 18.2 Å². The van der Waals surface area contributed by atoms with Crippen molar-refractivity contribution in [3.63, 3.8) is 0 Å². The summed E-state index contributed by atoms with van der Waals surface area (Å²) in [5.74, 6) is 1.79. The van der Waals surface area contributed by atoms with Gasteiger partial charge in [0.15, 0.2) is 17.5 Å². The van der Waals surface area contributed by atoms with Crippen LogP contribution in [-0.2, 0) is 0 Å². The Bertz CT molecular complexity index is 1520. The summed E-state index contributed by atoms with van der Waals surface area (Å²) in [6.45, 7) is 0. The van der Waals surface area contributed by atoms with Crippen molar-refractivity contribution in [2.24, 2.45) is 0 Å². The number of nitrogens with zero attached hydrogens (tertiary/aromatic N) is 4. The number of hydrogen-bond donors (Lipinski definition) is 0. The Balaban J connectivity index is 1.65. The summed E-state index contributed by atoms with van der Waals surface area (Å²) in [4.78, 5) is 18.8. The topological polar surface area (TPSA) is 64.7 Å². The zero-order valence-electron chi connectivity index (χ0n) is 16.7. The summed E-state index contributed by atoms with van der Waals surface area (Å²) in [5.41, 5.74) is 3.88. The lowest BCUT2D eigenvalue weighted by Crippen LogP contribution is -2.00. The Labute approximate surface area is 188 Å². The normalized spacial score (nSPS) is 11.3. The Morgan fingerprint density at radius 1 is 0.562 bits per heavy atom. The van der Waals surface area contributed by atoms with E-state index in [9.17, 15) is 0 Å². The van der Waals surface area contributed by atoms with Gasteiger partial charge in [-0.2, -0.15) is 0 Å². The molecule has 6 aromatic rings. The van der Waals surface area contributed by atoms with Crippen LogP contribution in [0.1, 0.15) is 0 Å². The quantitative estimate of drug-likeness (QED) is 0.286. The minimum atomic E-state index is 0.385. The minimum Gasteiger partial charge on any atom is -0.438 e. The molecule has 0 aliphatic carbocycles. The first-order chi connectivity index (χ1) is 15.8. The molecule has 0 aliphatic rings. The van der Waals surface area contributed by atoms with E-state index in [0.717, 1.165) is 27.5 Å². The molecule has 3 heterocycles. The van der Waals surface area contributed by atoms with Gasteiger partial charge in [-0.15, -0.1) is 0 Å². The van der Waals surface area contributed by atoms with E-state index in [1.54, 1.807) is 6.07 Å². The van der Waals surface area contributed by atoms with E-state index in [1.807, 2.05) is 84.9 Å². The number of pyridine rings is 1. The second-order valence-corrected chi connectivity index (χ2v) is 7.69. The lowest BCUT2D eigenvalue weighted by Gasteiger charge is -2.09. The van der Waals surface area contributed by atoms with Crippen LogP contribution in [0.2, 0.25) is 5.15 Å². The van der Waals surface area contributed by atoms with Crippen molar-refractivity contribution in [2.75, 3.05) is 0 Å². The van der Waals surface area contributed by atoms with E-state index in [4.69, 9.17) is 31.0 Å². The van der Waals surface area contributed by atoms with Gasteiger partial charge in [0.25, 0.3) is 0 Å². The van der Waals surface area contributed by atoms with Crippen molar-refractivity contribution in [1.82, 2.24) is 19.9 Å². The van der Waals surface area contributed by atoms with Gasteiger partial charge in [0.2, 0.25) is 5.71 Å². The number of furan rings is 1. The van der Waals surface area contributed by atoms with E-state index in [0.29, 0.717) is 33.9 Å². The Hall–Kier alpha value is -4.09. The third-order valence-electron chi connectivity index (χ3n) is 5.27. The fourth-order valence-corrected chi connectivity index (χ4v) is 3.94. The van der Waals surface area contributed by atoms with Crippen LogP contribution in [0.3, 0.4) is 0 Å². The minimum absolute atomic E-state index is 0.385. The molecule has 152 valence electrons. The van der Waals surface area contributed by atoms with Crippen LogP contribution in [0.4, 0.5) is 0 Å². The Kier molecular flexibility index (Phi) is 4.40. The highest BCUT2D eigenvalue weighted by Crippen LogP contribution is 2.36. The predicted molar refractivity (Wildman–Crippen MR) is 126 cm³/mol. The fourth-order valence-electron chi connectivity index (χ4n) is 3.80. The van der Waals surface area contributed by atoms with Gasteiger partial charge in [-0.25, -0.2) is 19.9 Å². The van der Waals surface area contributed by atoms with Gasteiger partial charge in [-0.3, -0.25) is 0 Å². The number of aromatic nitrogens is 4. The summed E-state index contributed by atoms with van der Waals surface area (Å²) in [6, 6.07) is 29.3. The van der Waals surface area contributed by atoms with Crippen molar-refractivity contribution in [3.05, 3.63) is 96.1 Å². The maximum atomic E-state index is 6.08. The van der Waals surface area contributed by atoms with E-state index in [-0.39, 0.29) is 0 Å². The van der Waals surface area contributed by atoms with Crippen molar-refractivity contribution < 1.29 is 4.42 Å². The molecule has 6 rings (SSSR count). The molecule has 0 N–H and O–H groups in total. The Morgan fingerprint density at radius 2 is 1.19 bits per heavy atom. The zero-order valence-corrected chi connectivity index (χ0v) is 17.5. The molecule has 0 amide bonds. The second-order valence-electron chi connectivity index (χ2n) is 7.31. The molecule has 32 heavy (non-hydrogen) atoms. The van der Waals surface area contributed by atoms with Gasteiger partial charge in [0.05, 0.1) is 0 Å². The molecule has 0 atom stereocenters. The average molecular weight is 435 g/mol. The van der Waals surface area contributed by atoms with E-state index >= 15 is 0 Å². The van der Waals surface area contributed by atoms with Crippen LogP contribution in [0.25, 0.3) is 56.2 Å². The monoisotopic (exact) mass is 434 g/mol. The fraction of sp³-hybridized carbons (Fsp3) is 0. The smallest absolute Gasteiger partial charge is 0.228 e. The standard InChI is InChI=1S/C26H15ClN4O/c27-21-15-14-19-22-18(12-7-13-20(22)32-26(19)28-21)25-30-23(16-8-3-1-4-9-16)29-24(31-25)17-10-5-2-6-11-17/h1-15H. The highest BCUT2D eigenvalue weighted by atomic mass is 35.5. The summed E-state index contributed by atoms with van der Waals surface area (Å²) in [6.07, 6.45) is 0. The largest absolute Gasteiger partial charge is 0.438 e. The molecule has 6 heteroatoms. The van der Waals surface area contributed by atoms with Crippen LogP contribution >= 0.6 is 11.6 Å². The molecule has 0 radical (unpaired) electrons. The van der Waals surface area contributed by atoms with Crippen LogP contribution < -0.4 is 0 Å². The number of benzene rings is 3. The predicted octanol–water partition coefficient (Wildman–Crippen LogP) is 6.82. The number of halogens is 1. The van der Waals surface area contributed by atoms with Crippen LogP contribution in [0, 0.1) is 0 Å². The SMILES string of the molecule is Clc1ccc2c(n1)oc1cccc(-c3nc(-c4ccccc4)nc(-c4ccccc4)n3)c12. The molecule has 0 unspecified atom stereocenters.